The number of nitrogens with zero attached hydrogens (tertiary/aromatic N) is 1. The van der Waals surface area contributed by atoms with E-state index in [1.165, 1.54) is 0 Å². The third-order valence-corrected chi connectivity index (χ3v) is 5.02. The Bertz CT molecular complexity index is 1210. The molecule has 1 aliphatic heterocycles. The largest absolute Gasteiger partial charge is 0.493 e. The Kier molecular flexibility index (Phi) is 5.42. The van der Waals surface area contributed by atoms with E-state index < -0.39 is 0 Å². The first-order chi connectivity index (χ1) is 14.6. The van der Waals surface area contributed by atoms with Gasteiger partial charge in [-0.1, -0.05) is 41.9 Å². The van der Waals surface area contributed by atoms with Gasteiger partial charge in [0.1, 0.15) is 6.61 Å². The molecule has 3 aromatic carbocycles. The molecule has 0 saturated carbocycles. The van der Waals surface area contributed by atoms with Gasteiger partial charge in [0.15, 0.2) is 11.5 Å². The minimum absolute atomic E-state index is 0.181. The van der Waals surface area contributed by atoms with E-state index in [1.807, 2.05) is 30.3 Å². The molecule has 1 amide bonds. The van der Waals surface area contributed by atoms with Gasteiger partial charge in [-0.05, 0) is 42.0 Å². The fourth-order valence-corrected chi connectivity index (χ4v) is 3.45. The van der Waals surface area contributed by atoms with Gasteiger partial charge in [-0.15, -0.1) is 0 Å². The Morgan fingerprint density at radius 3 is 2.73 bits per heavy atom. The highest BCUT2D eigenvalue weighted by Gasteiger charge is 2.24. The maximum absolute atomic E-state index is 12.4. The zero-order chi connectivity index (χ0) is 21.1. The minimum atomic E-state index is -0.181. The highest BCUT2D eigenvalue weighted by molar-refractivity contribution is 6.36. The van der Waals surface area contributed by atoms with Crippen LogP contribution in [0.5, 0.6) is 11.5 Å². The molecule has 0 unspecified atom stereocenters. The average molecular weight is 417 g/mol. The molecule has 3 aromatic rings. The fourth-order valence-electron chi connectivity index (χ4n) is 3.28. The van der Waals surface area contributed by atoms with Crippen LogP contribution < -0.4 is 14.8 Å². The number of rotatable bonds is 5. The summed E-state index contributed by atoms with van der Waals surface area (Å²) < 4.78 is 11.4. The monoisotopic (exact) mass is 416 g/mol. The van der Waals surface area contributed by atoms with E-state index in [4.69, 9.17) is 21.1 Å². The topological polar surface area (TPSA) is 71.3 Å². The number of fused-ring (bicyclic) bond motifs is 1. The van der Waals surface area contributed by atoms with E-state index in [-0.39, 0.29) is 12.5 Å². The number of halogens is 1. The Hall–Kier alpha value is -3.75. The molecule has 0 fully saturated rings. The number of benzene rings is 3. The maximum atomic E-state index is 12.4. The van der Waals surface area contributed by atoms with E-state index in [1.54, 1.807) is 43.5 Å². The molecule has 0 spiro atoms. The van der Waals surface area contributed by atoms with Crippen molar-refractivity contribution in [3.8, 4) is 17.6 Å². The molecule has 0 radical (unpaired) electrons. The summed E-state index contributed by atoms with van der Waals surface area (Å²) in [5.74, 6) is 0.906. The fraction of sp³-hybridized carbons (Fsp3) is 0.0833. The molecule has 0 bridgehead atoms. The summed E-state index contributed by atoms with van der Waals surface area (Å²) in [5.41, 5.74) is 4.22. The lowest BCUT2D eigenvalue weighted by Gasteiger charge is -2.12. The summed E-state index contributed by atoms with van der Waals surface area (Å²) in [6, 6.07) is 20.2. The van der Waals surface area contributed by atoms with Crippen LogP contribution in [0.4, 0.5) is 5.69 Å². The molecule has 0 saturated heterocycles. The standard InChI is InChI=1S/C24H17ClN2O3/c1-29-23-11-15(10-20-19-8-7-18(25)12-21(19)27-24(20)28)6-9-22(23)30-14-17-5-3-2-4-16(17)13-26/h2-12H,14H2,1H3,(H,27,28)/b20-10+. The van der Waals surface area contributed by atoms with Crippen molar-refractivity contribution in [2.45, 2.75) is 6.61 Å². The van der Waals surface area contributed by atoms with Gasteiger partial charge in [-0.25, -0.2) is 0 Å². The molecular weight excluding hydrogens is 400 g/mol. The second-order valence-electron chi connectivity index (χ2n) is 6.67. The number of amides is 1. The van der Waals surface area contributed by atoms with Gasteiger partial charge >= 0.3 is 0 Å². The number of carbonyl (C=O) groups excluding carboxylic acids is 1. The molecule has 4 rings (SSSR count). The van der Waals surface area contributed by atoms with Gasteiger partial charge in [-0.2, -0.15) is 5.26 Å². The first kappa shape index (κ1) is 19.6. The first-order valence-corrected chi connectivity index (χ1v) is 9.58. The molecule has 0 aliphatic carbocycles. The van der Waals surface area contributed by atoms with Gasteiger partial charge in [0.05, 0.1) is 24.4 Å². The molecule has 148 valence electrons. The van der Waals surface area contributed by atoms with Gasteiger partial charge in [0, 0.05) is 21.7 Å². The molecule has 1 heterocycles. The van der Waals surface area contributed by atoms with Crippen molar-refractivity contribution in [1.82, 2.24) is 0 Å². The number of methoxy groups -OCH3 is 1. The SMILES string of the molecule is COc1cc(/C=C2/C(=O)Nc3cc(Cl)ccc32)ccc1OCc1ccccc1C#N. The maximum Gasteiger partial charge on any atom is 0.256 e. The third-order valence-electron chi connectivity index (χ3n) is 4.78. The van der Waals surface area contributed by atoms with E-state index in [0.29, 0.717) is 33.3 Å². The van der Waals surface area contributed by atoms with E-state index in [0.717, 1.165) is 16.7 Å². The smallest absolute Gasteiger partial charge is 0.256 e. The van der Waals surface area contributed by atoms with E-state index in [2.05, 4.69) is 11.4 Å². The van der Waals surface area contributed by atoms with Crippen LogP contribution in [0.15, 0.2) is 60.7 Å². The van der Waals surface area contributed by atoms with Crippen LogP contribution in [0.3, 0.4) is 0 Å². The second kappa shape index (κ2) is 8.32. The quantitative estimate of drug-likeness (QED) is 0.573. The lowest BCUT2D eigenvalue weighted by atomic mass is 10.0. The van der Waals surface area contributed by atoms with Crippen LogP contribution in [-0.2, 0) is 11.4 Å². The third kappa shape index (κ3) is 3.86. The molecule has 0 aromatic heterocycles. The lowest BCUT2D eigenvalue weighted by Crippen LogP contribution is -2.03. The van der Waals surface area contributed by atoms with Crippen LogP contribution in [0.2, 0.25) is 5.02 Å². The Balaban J connectivity index is 1.60. The van der Waals surface area contributed by atoms with Crippen LogP contribution in [0.25, 0.3) is 11.6 Å². The summed E-state index contributed by atoms with van der Waals surface area (Å²) >= 11 is 6.01. The summed E-state index contributed by atoms with van der Waals surface area (Å²) in [7, 11) is 1.56. The number of carbonyl (C=O) groups is 1. The van der Waals surface area contributed by atoms with Gasteiger partial charge in [-0.3, -0.25) is 4.79 Å². The molecule has 30 heavy (non-hydrogen) atoms. The average Bonchev–Trinajstić information content (AvgIpc) is 3.06. The summed E-state index contributed by atoms with van der Waals surface area (Å²) in [5, 5.41) is 12.6. The van der Waals surface area contributed by atoms with Crippen LogP contribution in [0, 0.1) is 11.3 Å². The summed E-state index contributed by atoms with van der Waals surface area (Å²) in [6.07, 6.45) is 1.80. The number of nitrogens with one attached hydrogen (secondary N) is 1. The highest BCUT2D eigenvalue weighted by Crippen LogP contribution is 2.36. The molecule has 1 N–H and O–H groups in total. The van der Waals surface area contributed by atoms with Crippen molar-refractivity contribution in [2.24, 2.45) is 0 Å². The number of anilines is 1. The van der Waals surface area contributed by atoms with Crippen molar-refractivity contribution >= 4 is 34.8 Å². The number of hydrogen-bond acceptors (Lipinski definition) is 4. The van der Waals surface area contributed by atoms with E-state index in [9.17, 15) is 10.1 Å². The molecule has 1 aliphatic rings. The van der Waals surface area contributed by atoms with Crippen LogP contribution in [-0.4, -0.2) is 13.0 Å². The van der Waals surface area contributed by atoms with Gasteiger partial charge < -0.3 is 14.8 Å². The Morgan fingerprint density at radius 1 is 1.10 bits per heavy atom. The lowest BCUT2D eigenvalue weighted by molar-refractivity contribution is -0.110. The normalized spacial score (nSPS) is 13.5. The second-order valence-corrected chi connectivity index (χ2v) is 7.11. The molecule has 5 nitrogen and oxygen atoms in total. The van der Waals surface area contributed by atoms with Crippen molar-refractivity contribution in [1.29, 1.82) is 5.26 Å². The van der Waals surface area contributed by atoms with Crippen LogP contribution >= 0.6 is 11.6 Å². The summed E-state index contributed by atoms with van der Waals surface area (Å²) in [4.78, 5) is 12.4. The zero-order valence-electron chi connectivity index (χ0n) is 16.1. The molecule has 6 heteroatoms. The van der Waals surface area contributed by atoms with Gasteiger partial charge in [0.25, 0.3) is 5.91 Å². The van der Waals surface area contributed by atoms with Crippen molar-refractivity contribution in [3.05, 3.63) is 87.9 Å². The predicted octanol–water partition coefficient (Wildman–Crippen LogP) is 5.29. The minimum Gasteiger partial charge on any atom is -0.493 e. The zero-order valence-corrected chi connectivity index (χ0v) is 16.9. The van der Waals surface area contributed by atoms with Crippen LogP contribution in [0.1, 0.15) is 22.3 Å². The van der Waals surface area contributed by atoms with Gasteiger partial charge in [0.2, 0.25) is 0 Å². The predicted molar refractivity (Wildman–Crippen MR) is 116 cm³/mol. The first-order valence-electron chi connectivity index (χ1n) is 9.21. The molecule has 0 atom stereocenters. The van der Waals surface area contributed by atoms with E-state index >= 15 is 0 Å². The van der Waals surface area contributed by atoms with Crippen molar-refractivity contribution in [2.75, 3.05) is 12.4 Å². The number of nitriles is 1. The Labute approximate surface area is 179 Å². The number of hydrogen-bond donors (Lipinski definition) is 1. The summed E-state index contributed by atoms with van der Waals surface area (Å²) in [6.45, 7) is 0.247. The molecular formula is C24H17ClN2O3. The highest BCUT2D eigenvalue weighted by atomic mass is 35.5. The van der Waals surface area contributed by atoms with Crippen molar-refractivity contribution < 1.29 is 14.3 Å². The Morgan fingerprint density at radius 2 is 1.93 bits per heavy atom. The number of ether oxygens (including phenoxy) is 2. The van der Waals surface area contributed by atoms with Crippen molar-refractivity contribution in [3.63, 3.8) is 0 Å².